The Morgan fingerprint density at radius 2 is 1.12 bits per heavy atom. The molecule has 0 aromatic heterocycles. The average molecular weight is 469 g/mol. The van der Waals surface area contributed by atoms with Crippen LogP contribution in [0.2, 0.25) is 0 Å². The van der Waals surface area contributed by atoms with Gasteiger partial charge in [-0.25, -0.2) is 13.2 Å². The van der Waals surface area contributed by atoms with E-state index < -0.39 is 40.6 Å². The Labute approximate surface area is 188 Å². The lowest BCUT2D eigenvalue weighted by molar-refractivity contribution is -0.254. The van der Waals surface area contributed by atoms with Gasteiger partial charge in [-0.1, -0.05) is 45.4 Å². The number of benzene rings is 1. The van der Waals surface area contributed by atoms with E-state index in [0.717, 1.165) is 25.7 Å². The van der Waals surface area contributed by atoms with Crippen molar-refractivity contribution >= 4 is 0 Å². The summed E-state index contributed by atoms with van der Waals surface area (Å²) in [7, 11) is 0. The molecule has 0 spiro atoms. The first kappa shape index (κ1) is 28.6. The predicted octanol–water partition coefficient (Wildman–Crippen LogP) is 7.70. The molecule has 0 saturated carbocycles. The lowest BCUT2D eigenvalue weighted by atomic mass is 9.88. The van der Waals surface area contributed by atoms with Crippen LogP contribution in [0.1, 0.15) is 85.5 Å². The van der Waals surface area contributed by atoms with E-state index in [4.69, 9.17) is 14.2 Å². The Balaban J connectivity index is 2.75. The van der Waals surface area contributed by atoms with Gasteiger partial charge in [0.25, 0.3) is 0 Å². The molecule has 186 valence electrons. The van der Waals surface area contributed by atoms with Gasteiger partial charge in [-0.15, -0.1) is 0 Å². The lowest BCUT2D eigenvalue weighted by Crippen LogP contribution is -2.41. The van der Waals surface area contributed by atoms with Gasteiger partial charge in [-0.2, -0.15) is 8.78 Å². The quantitative estimate of drug-likeness (QED) is 0.0771. The topological polar surface area (TPSA) is 27.7 Å². The summed E-state index contributed by atoms with van der Waals surface area (Å²) in [6.45, 7) is 8.54. The van der Waals surface area contributed by atoms with Gasteiger partial charge in [-0.3, -0.25) is 0 Å². The molecule has 0 aliphatic carbocycles. The van der Waals surface area contributed by atoms with Crippen molar-refractivity contribution in [1.82, 2.24) is 0 Å². The van der Waals surface area contributed by atoms with E-state index in [1.807, 2.05) is 20.8 Å². The summed E-state index contributed by atoms with van der Waals surface area (Å²) < 4.78 is 84.2. The number of halogens is 5. The summed E-state index contributed by atoms with van der Waals surface area (Å²) in [6.07, 6.45) is 8.57. The smallest absolute Gasteiger partial charge is 0.206 e. The van der Waals surface area contributed by atoms with Crippen LogP contribution in [0, 0.1) is 35.0 Å². The lowest BCUT2D eigenvalue weighted by Gasteiger charge is -2.37. The molecule has 0 radical (unpaired) electrons. The van der Waals surface area contributed by atoms with Gasteiger partial charge in [0.15, 0.2) is 11.5 Å². The fourth-order valence-electron chi connectivity index (χ4n) is 3.91. The molecule has 0 bridgehead atoms. The number of hydrogen-bond acceptors (Lipinski definition) is 3. The first-order chi connectivity index (χ1) is 15.2. The first-order valence-corrected chi connectivity index (χ1v) is 11.6. The number of hydrogen-bond donors (Lipinski definition) is 0. The van der Waals surface area contributed by atoms with Crippen molar-refractivity contribution in [3.8, 4) is 5.75 Å². The van der Waals surface area contributed by atoms with Crippen molar-refractivity contribution in [1.29, 1.82) is 0 Å². The fourth-order valence-corrected chi connectivity index (χ4v) is 3.91. The molecule has 3 nitrogen and oxygen atoms in total. The van der Waals surface area contributed by atoms with Gasteiger partial charge < -0.3 is 14.2 Å². The van der Waals surface area contributed by atoms with Crippen molar-refractivity contribution in [3.63, 3.8) is 0 Å². The highest BCUT2D eigenvalue weighted by Crippen LogP contribution is 2.33. The van der Waals surface area contributed by atoms with Crippen LogP contribution in [0.4, 0.5) is 22.0 Å². The van der Waals surface area contributed by atoms with Crippen LogP contribution in [-0.4, -0.2) is 25.6 Å². The molecule has 1 unspecified atom stereocenters. The molecule has 1 rings (SSSR count). The number of ether oxygens (including phenoxy) is 3. The summed E-state index contributed by atoms with van der Waals surface area (Å²) in [4.78, 5) is 0. The molecule has 0 aliphatic heterocycles. The number of rotatable bonds is 17. The second-order valence-electron chi connectivity index (χ2n) is 8.03. The van der Waals surface area contributed by atoms with E-state index >= 15 is 0 Å². The summed E-state index contributed by atoms with van der Waals surface area (Å²) in [5.41, 5.74) is 0. The van der Waals surface area contributed by atoms with E-state index in [1.54, 1.807) is 0 Å². The molecule has 0 fully saturated rings. The molecule has 32 heavy (non-hydrogen) atoms. The fraction of sp³-hybridized carbons (Fsp3) is 0.750. The zero-order valence-electron chi connectivity index (χ0n) is 19.7. The maximum absolute atomic E-state index is 13.8. The van der Waals surface area contributed by atoms with Crippen LogP contribution < -0.4 is 4.74 Å². The largest absolute Gasteiger partial charge is 0.487 e. The van der Waals surface area contributed by atoms with E-state index in [2.05, 4.69) is 6.92 Å². The summed E-state index contributed by atoms with van der Waals surface area (Å²) in [5, 5.41) is 0. The molecule has 0 saturated heterocycles. The molecule has 0 N–H and O–H groups in total. The third-order valence-electron chi connectivity index (χ3n) is 5.62. The van der Waals surface area contributed by atoms with Crippen molar-refractivity contribution in [2.45, 2.75) is 91.3 Å². The van der Waals surface area contributed by atoms with Crippen LogP contribution in [0.15, 0.2) is 0 Å². The van der Waals surface area contributed by atoms with Crippen LogP contribution in [0.3, 0.4) is 0 Å². The van der Waals surface area contributed by atoms with Crippen molar-refractivity contribution in [2.75, 3.05) is 19.8 Å². The van der Waals surface area contributed by atoms with Gasteiger partial charge in [0.05, 0.1) is 6.61 Å². The molecular formula is C24H37F5O3. The Bertz CT molecular complexity index is 649. The maximum atomic E-state index is 13.8. The van der Waals surface area contributed by atoms with Crippen LogP contribution in [-0.2, 0) is 9.47 Å². The maximum Gasteiger partial charge on any atom is 0.206 e. The molecule has 1 aromatic rings. The van der Waals surface area contributed by atoms with Crippen LogP contribution in [0.5, 0.6) is 5.75 Å². The summed E-state index contributed by atoms with van der Waals surface area (Å²) >= 11 is 0. The molecule has 1 atom stereocenters. The Morgan fingerprint density at radius 1 is 0.656 bits per heavy atom. The normalized spacial score (nSPS) is 12.9. The minimum absolute atomic E-state index is 0.00596. The minimum Gasteiger partial charge on any atom is -0.487 e. The van der Waals surface area contributed by atoms with Crippen molar-refractivity contribution in [2.24, 2.45) is 5.92 Å². The summed E-state index contributed by atoms with van der Waals surface area (Å²) in [6, 6.07) is 0. The standard InChI is InChI=1S/C24H37F5O3/c1-5-8-9-10-11-12-14-17(24(4,31-6-2)32-7-3)15-13-16-30-23-21(28)19(26)18(25)20(27)22(23)29/h17H,5-16H2,1-4H3. The van der Waals surface area contributed by atoms with Gasteiger partial charge in [0, 0.05) is 19.1 Å². The average Bonchev–Trinajstić information content (AvgIpc) is 2.76. The van der Waals surface area contributed by atoms with Gasteiger partial charge in [0.2, 0.25) is 29.1 Å². The van der Waals surface area contributed by atoms with Gasteiger partial charge >= 0.3 is 0 Å². The predicted molar refractivity (Wildman–Crippen MR) is 114 cm³/mol. The van der Waals surface area contributed by atoms with Gasteiger partial charge in [0.1, 0.15) is 0 Å². The zero-order valence-corrected chi connectivity index (χ0v) is 19.7. The molecule has 0 heterocycles. The SMILES string of the molecule is CCCCCCCCC(CCCOc1c(F)c(F)c(F)c(F)c1F)C(C)(OCC)OCC. The highest BCUT2D eigenvalue weighted by Gasteiger charge is 2.35. The van der Waals surface area contributed by atoms with Crippen LogP contribution >= 0.6 is 0 Å². The third kappa shape index (κ3) is 8.18. The van der Waals surface area contributed by atoms with Gasteiger partial charge in [-0.05, 0) is 40.0 Å². The monoisotopic (exact) mass is 468 g/mol. The molecule has 0 aliphatic rings. The number of unbranched alkanes of at least 4 members (excludes halogenated alkanes) is 5. The Kier molecular flexibility index (Phi) is 13.1. The van der Waals surface area contributed by atoms with E-state index in [-0.39, 0.29) is 12.5 Å². The Morgan fingerprint density at radius 3 is 1.66 bits per heavy atom. The summed E-state index contributed by atoms with van der Waals surface area (Å²) in [5.74, 6) is -12.2. The van der Waals surface area contributed by atoms with Crippen molar-refractivity contribution < 1.29 is 36.2 Å². The highest BCUT2D eigenvalue weighted by molar-refractivity contribution is 5.29. The molecule has 0 amide bonds. The van der Waals surface area contributed by atoms with E-state index in [0.29, 0.717) is 26.1 Å². The molecular weight excluding hydrogens is 431 g/mol. The Hall–Kier alpha value is -1.41. The van der Waals surface area contributed by atoms with Crippen LogP contribution in [0.25, 0.3) is 0 Å². The zero-order chi connectivity index (χ0) is 24.1. The first-order valence-electron chi connectivity index (χ1n) is 11.6. The second-order valence-corrected chi connectivity index (χ2v) is 8.03. The minimum atomic E-state index is -2.20. The molecule has 8 heteroatoms. The van der Waals surface area contributed by atoms with Crippen molar-refractivity contribution in [3.05, 3.63) is 29.1 Å². The molecule has 1 aromatic carbocycles. The van der Waals surface area contributed by atoms with E-state index in [1.165, 1.54) is 19.3 Å². The third-order valence-corrected chi connectivity index (χ3v) is 5.62. The van der Waals surface area contributed by atoms with E-state index in [9.17, 15) is 22.0 Å². The highest BCUT2D eigenvalue weighted by atomic mass is 19.2. The second kappa shape index (κ2) is 14.7.